The molecule has 4 nitrogen and oxygen atoms in total. The van der Waals surface area contributed by atoms with Gasteiger partial charge in [0.05, 0.1) is 11.5 Å². The molecule has 0 bridgehead atoms. The number of rotatable bonds is 3. The van der Waals surface area contributed by atoms with E-state index < -0.39 is 0 Å². The van der Waals surface area contributed by atoms with Gasteiger partial charge < -0.3 is 10.4 Å². The zero-order chi connectivity index (χ0) is 15.2. The molecule has 2 aromatic heterocycles. The maximum absolute atomic E-state index is 12.1. The molecule has 0 fully saturated rings. The molecular weight excluding hydrogens is 284 g/mol. The van der Waals surface area contributed by atoms with Crippen molar-refractivity contribution in [2.24, 2.45) is 0 Å². The average Bonchev–Trinajstić information content (AvgIpc) is 2.80. The molecule has 0 aliphatic carbocycles. The van der Waals surface area contributed by atoms with Crippen LogP contribution in [0.25, 0.3) is 0 Å². The lowest BCUT2D eigenvalue weighted by Crippen LogP contribution is -2.11. The predicted molar refractivity (Wildman–Crippen MR) is 84.6 cm³/mol. The highest BCUT2D eigenvalue weighted by molar-refractivity contribution is 7.14. The highest BCUT2D eigenvalue weighted by Gasteiger charge is 2.11. The average molecular weight is 300 g/mol. The minimum atomic E-state index is -0.163. The molecule has 0 unspecified atom stereocenters. The number of carbonyl (C=O) groups is 1. The smallest absolute Gasteiger partial charge is 0.266 e. The second-order valence-electron chi connectivity index (χ2n) is 4.49. The fraction of sp³-hybridized carbons (Fsp3) is 0.250. The molecule has 0 radical (unpaired) electrons. The Morgan fingerprint density at radius 2 is 2.24 bits per heavy atom. The zero-order valence-corrected chi connectivity index (χ0v) is 12.8. The number of hydrogen-bond acceptors (Lipinski definition) is 4. The van der Waals surface area contributed by atoms with Gasteiger partial charge in [-0.15, -0.1) is 11.3 Å². The Bertz CT molecular complexity index is 691. The normalized spacial score (nSPS) is 9.86. The Labute approximate surface area is 127 Å². The van der Waals surface area contributed by atoms with Gasteiger partial charge in [-0.2, -0.15) is 0 Å². The van der Waals surface area contributed by atoms with Gasteiger partial charge in [0, 0.05) is 11.3 Å². The summed E-state index contributed by atoms with van der Waals surface area (Å²) in [6.07, 6.45) is 0.409. The molecule has 0 atom stereocenters. The van der Waals surface area contributed by atoms with Crippen molar-refractivity contribution in [3.05, 3.63) is 45.3 Å². The molecule has 0 aliphatic rings. The van der Waals surface area contributed by atoms with E-state index in [1.807, 2.05) is 19.9 Å². The van der Waals surface area contributed by atoms with Gasteiger partial charge in [0.1, 0.15) is 11.5 Å². The van der Waals surface area contributed by atoms with Crippen LogP contribution in [0.5, 0.6) is 0 Å². The molecule has 2 rings (SSSR count). The summed E-state index contributed by atoms with van der Waals surface area (Å²) in [5.74, 6) is 5.95. The number of aromatic nitrogens is 1. The standard InChI is InChI=1S/C16H16N2O2S/c1-11-10-14(21-12(11)2)16(20)18-15-8-5-7-13(17-15)6-3-4-9-19/h5,7-8,10,19H,4,9H2,1-2H3,(H,17,18,20). The van der Waals surface area contributed by atoms with Crippen molar-refractivity contribution in [2.45, 2.75) is 20.3 Å². The number of aliphatic hydroxyl groups excluding tert-OH is 1. The number of aryl methyl sites for hydroxylation is 2. The van der Waals surface area contributed by atoms with Crippen molar-refractivity contribution >= 4 is 23.1 Å². The molecule has 0 saturated heterocycles. The van der Waals surface area contributed by atoms with Gasteiger partial charge in [-0.05, 0) is 43.5 Å². The third-order valence-corrected chi connectivity index (χ3v) is 3.99. The number of amides is 1. The Morgan fingerprint density at radius 3 is 2.90 bits per heavy atom. The van der Waals surface area contributed by atoms with E-state index in [0.29, 0.717) is 22.8 Å². The van der Waals surface area contributed by atoms with Crippen molar-refractivity contribution in [2.75, 3.05) is 11.9 Å². The van der Waals surface area contributed by atoms with Crippen LogP contribution in [0.1, 0.15) is 32.2 Å². The van der Waals surface area contributed by atoms with E-state index in [-0.39, 0.29) is 12.5 Å². The summed E-state index contributed by atoms with van der Waals surface area (Å²) in [6, 6.07) is 7.15. The molecule has 2 heterocycles. The minimum absolute atomic E-state index is 0.0283. The van der Waals surface area contributed by atoms with Crippen LogP contribution in [0.4, 0.5) is 5.82 Å². The number of nitrogens with one attached hydrogen (secondary N) is 1. The van der Waals surface area contributed by atoms with Crippen molar-refractivity contribution < 1.29 is 9.90 Å². The van der Waals surface area contributed by atoms with Gasteiger partial charge >= 0.3 is 0 Å². The number of pyridine rings is 1. The van der Waals surface area contributed by atoms with E-state index in [1.54, 1.807) is 18.2 Å². The lowest BCUT2D eigenvalue weighted by molar-refractivity contribution is 0.103. The summed E-state index contributed by atoms with van der Waals surface area (Å²) in [7, 11) is 0. The van der Waals surface area contributed by atoms with Crippen LogP contribution in [0, 0.1) is 25.7 Å². The first kappa shape index (κ1) is 15.2. The van der Waals surface area contributed by atoms with Crippen molar-refractivity contribution in [1.82, 2.24) is 4.98 Å². The van der Waals surface area contributed by atoms with Crippen LogP contribution in [0.15, 0.2) is 24.3 Å². The molecule has 0 saturated carbocycles. The molecule has 0 spiro atoms. The molecule has 108 valence electrons. The first-order valence-electron chi connectivity index (χ1n) is 6.55. The Balaban J connectivity index is 2.11. The van der Waals surface area contributed by atoms with Crippen LogP contribution in [-0.4, -0.2) is 22.6 Å². The molecule has 2 aromatic rings. The number of carbonyl (C=O) groups excluding carboxylic acids is 1. The molecule has 21 heavy (non-hydrogen) atoms. The highest BCUT2D eigenvalue weighted by Crippen LogP contribution is 2.21. The maximum atomic E-state index is 12.1. The molecule has 1 amide bonds. The van der Waals surface area contributed by atoms with Crippen LogP contribution in [0.3, 0.4) is 0 Å². The first-order chi connectivity index (χ1) is 10.1. The van der Waals surface area contributed by atoms with Gasteiger partial charge in [-0.1, -0.05) is 12.0 Å². The van der Waals surface area contributed by atoms with Crippen molar-refractivity contribution in [1.29, 1.82) is 0 Å². The summed E-state index contributed by atoms with van der Waals surface area (Å²) >= 11 is 1.47. The monoisotopic (exact) mass is 300 g/mol. The van der Waals surface area contributed by atoms with E-state index in [1.165, 1.54) is 11.3 Å². The fourth-order valence-corrected chi connectivity index (χ4v) is 2.58. The summed E-state index contributed by atoms with van der Waals surface area (Å²) < 4.78 is 0. The molecule has 0 aromatic carbocycles. The third kappa shape index (κ3) is 4.15. The molecule has 2 N–H and O–H groups in total. The summed E-state index contributed by atoms with van der Waals surface area (Å²) in [5, 5.41) is 11.5. The SMILES string of the molecule is Cc1cc(C(=O)Nc2cccc(C#CCCO)n2)sc1C. The topological polar surface area (TPSA) is 62.2 Å². The minimum Gasteiger partial charge on any atom is -0.395 e. The second-order valence-corrected chi connectivity index (χ2v) is 5.74. The van der Waals surface area contributed by atoms with Crippen LogP contribution >= 0.6 is 11.3 Å². The zero-order valence-electron chi connectivity index (χ0n) is 11.9. The highest BCUT2D eigenvalue weighted by atomic mass is 32.1. The number of hydrogen-bond donors (Lipinski definition) is 2. The lowest BCUT2D eigenvalue weighted by atomic mass is 10.3. The molecule has 0 aliphatic heterocycles. The van der Waals surface area contributed by atoms with Crippen LogP contribution in [-0.2, 0) is 0 Å². The largest absolute Gasteiger partial charge is 0.395 e. The second kappa shape index (κ2) is 7.02. The molecular formula is C16H16N2O2S. The maximum Gasteiger partial charge on any atom is 0.266 e. The predicted octanol–water partition coefficient (Wildman–Crippen LogP) is 2.75. The number of anilines is 1. The van der Waals surface area contributed by atoms with E-state index >= 15 is 0 Å². The van der Waals surface area contributed by atoms with Gasteiger partial charge in [-0.3, -0.25) is 4.79 Å². The van der Waals surface area contributed by atoms with Crippen molar-refractivity contribution in [3.63, 3.8) is 0 Å². The van der Waals surface area contributed by atoms with E-state index in [9.17, 15) is 4.79 Å². The van der Waals surface area contributed by atoms with E-state index in [0.717, 1.165) is 10.4 Å². The summed E-state index contributed by atoms with van der Waals surface area (Å²) in [4.78, 5) is 18.2. The summed E-state index contributed by atoms with van der Waals surface area (Å²) in [6.45, 7) is 4.01. The van der Waals surface area contributed by atoms with E-state index in [2.05, 4.69) is 22.1 Å². The quantitative estimate of drug-likeness (QED) is 0.857. The Kier molecular flexibility index (Phi) is 5.09. The summed E-state index contributed by atoms with van der Waals surface area (Å²) in [5.41, 5.74) is 1.68. The van der Waals surface area contributed by atoms with Gasteiger partial charge in [0.15, 0.2) is 0 Å². The van der Waals surface area contributed by atoms with Crippen LogP contribution in [0.2, 0.25) is 0 Å². The molecule has 5 heteroatoms. The lowest BCUT2D eigenvalue weighted by Gasteiger charge is -2.02. The van der Waals surface area contributed by atoms with E-state index in [4.69, 9.17) is 5.11 Å². The number of aliphatic hydroxyl groups is 1. The van der Waals surface area contributed by atoms with Crippen LogP contribution < -0.4 is 5.32 Å². The number of thiophene rings is 1. The Hall–Kier alpha value is -2.16. The van der Waals surface area contributed by atoms with Crippen molar-refractivity contribution in [3.8, 4) is 11.8 Å². The Morgan fingerprint density at radius 1 is 1.43 bits per heavy atom. The first-order valence-corrected chi connectivity index (χ1v) is 7.37. The van der Waals surface area contributed by atoms with Gasteiger partial charge in [-0.25, -0.2) is 4.98 Å². The fourth-order valence-electron chi connectivity index (χ4n) is 1.65. The van der Waals surface area contributed by atoms with Gasteiger partial charge in [0.2, 0.25) is 0 Å². The number of nitrogens with zero attached hydrogens (tertiary/aromatic N) is 1. The third-order valence-electron chi connectivity index (χ3n) is 2.83. The van der Waals surface area contributed by atoms with Gasteiger partial charge in [0.25, 0.3) is 5.91 Å².